The van der Waals surface area contributed by atoms with Crippen LogP contribution >= 0.6 is 23.2 Å². The Kier molecular flexibility index (Phi) is 6.72. The van der Waals surface area contributed by atoms with Crippen LogP contribution in [0, 0.1) is 5.92 Å². The van der Waals surface area contributed by atoms with Crippen molar-refractivity contribution in [1.29, 1.82) is 0 Å². The molecule has 0 saturated heterocycles. The first-order valence-corrected chi connectivity index (χ1v) is 7.33. The van der Waals surface area contributed by atoms with Gasteiger partial charge in [-0.3, -0.25) is 4.79 Å². The maximum absolute atomic E-state index is 12.1. The molecule has 0 radical (unpaired) electrons. The lowest BCUT2D eigenvalue weighted by Crippen LogP contribution is -2.41. The summed E-state index contributed by atoms with van der Waals surface area (Å²) in [5.74, 6) is 0.264. The van der Waals surface area contributed by atoms with E-state index in [9.17, 15) is 4.79 Å². The van der Waals surface area contributed by atoms with Crippen LogP contribution in [0.3, 0.4) is 0 Å². The molecule has 1 heterocycles. The molecule has 112 valence electrons. The second-order valence-corrected chi connectivity index (χ2v) is 6.22. The Labute approximate surface area is 130 Å². The van der Waals surface area contributed by atoms with Crippen LogP contribution in [-0.2, 0) is 0 Å². The zero-order valence-corrected chi connectivity index (χ0v) is 13.8. The molecular weight excluding hydrogens is 297 g/mol. The Bertz CT molecular complexity index is 464. The first-order valence-electron chi connectivity index (χ1n) is 6.58. The van der Waals surface area contributed by atoms with Gasteiger partial charge in [0.25, 0.3) is 5.91 Å². The van der Waals surface area contributed by atoms with Crippen molar-refractivity contribution in [3.63, 3.8) is 0 Å². The molecule has 0 bridgehead atoms. The summed E-state index contributed by atoms with van der Waals surface area (Å²) in [6.45, 7) is 4.87. The van der Waals surface area contributed by atoms with Gasteiger partial charge in [0.2, 0.25) is 0 Å². The average Bonchev–Trinajstić information content (AvgIpc) is 2.36. The van der Waals surface area contributed by atoms with Crippen molar-refractivity contribution >= 4 is 29.1 Å². The summed E-state index contributed by atoms with van der Waals surface area (Å²) in [4.78, 5) is 18.2. The molecule has 0 spiro atoms. The van der Waals surface area contributed by atoms with E-state index in [-0.39, 0.29) is 22.8 Å². The normalized spacial score (nSPS) is 12.8. The fourth-order valence-electron chi connectivity index (χ4n) is 1.89. The highest BCUT2D eigenvalue weighted by Gasteiger charge is 2.17. The SMILES string of the molecule is CC(C)CC(CNC(=O)c1nc(Cl)ccc1Cl)N(C)C. The van der Waals surface area contributed by atoms with E-state index >= 15 is 0 Å². The molecule has 0 aliphatic rings. The molecule has 1 aromatic rings. The number of hydrogen-bond donors (Lipinski definition) is 1. The minimum atomic E-state index is -0.298. The van der Waals surface area contributed by atoms with Crippen molar-refractivity contribution in [2.75, 3.05) is 20.6 Å². The Morgan fingerprint density at radius 1 is 1.35 bits per heavy atom. The molecule has 0 aliphatic heterocycles. The Hall–Kier alpha value is -0.840. The Morgan fingerprint density at radius 3 is 2.55 bits per heavy atom. The number of carbonyl (C=O) groups excluding carboxylic acids is 1. The third-order valence-corrected chi connectivity index (χ3v) is 3.51. The van der Waals surface area contributed by atoms with E-state index in [0.29, 0.717) is 17.5 Å². The number of halogens is 2. The van der Waals surface area contributed by atoms with E-state index in [4.69, 9.17) is 23.2 Å². The van der Waals surface area contributed by atoms with E-state index in [2.05, 4.69) is 29.0 Å². The molecule has 4 nitrogen and oxygen atoms in total. The fraction of sp³-hybridized carbons (Fsp3) is 0.571. The van der Waals surface area contributed by atoms with Gasteiger partial charge in [-0.15, -0.1) is 0 Å². The first kappa shape index (κ1) is 17.2. The highest BCUT2D eigenvalue weighted by atomic mass is 35.5. The predicted molar refractivity (Wildman–Crippen MR) is 83.5 cm³/mol. The van der Waals surface area contributed by atoms with E-state index in [0.717, 1.165) is 6.42 Å². The fourth-order valence-corrected chi connectivity index (χ4v) is 2.23. The third-order valence-electron chi connectivity index (χ3n) is 3.00. The summed E-state index contributed by atoms with van der Waals surface area (Å²) < 4.78 is 0. The summed E-state index contributed by atoms with van der Waals surface area (Å²) in [6, 6.07) is 3.41. The number of amides is 1. The minimum absolute atomic E-state index is 0.168. The van der Waals surface area contributed by atoms with Gasteiger partial charge < -0.3 is 10.2 Å². The second-order valence-electron chi connectivity index (χ2n) is 5.42. The van der Waals surface area contributed by atoms with Gasteiger partial charge in [-0.1, -0.05) is 37.0 Å². The van der Waals surface area contributed by atoms with Crippen LogP contribution in [0.4, 0.5) is 0 Å². The molecule has 0 saturated carbocycles. The van der Waals surface area contributed by atoms with Gasteiger partial charge in [0.15, 0.2) is 0 Å². The van der Waals surface area contributed by atoms with Crippen LogP contribution in [0.25, 0.3) is 0 Å². The van der Waals surface area contributed by atoms with Crippen LogP contribution in [0.2, 0.25) is 10.2 Å². The number of nitrogens with zero attached hydrogens (tertiary/aromatic N) is 2. The monoisotopic (exact) mass is 317 g/mol. The van der Waals surface area contributed by atoms with E-state index in [1.807, 2.05) is 14.1 Å². The summed E-state index contributed by atoms with van der Waals surface area (Å²) in [7, 11) is 4.01. The summed E-state index contributed by atoms with van der Waals surface area (Å²) >= 11 is 11.7. The molecule has 0 aliphatic carbocycles. The molecule has 1 atom stereocenters. The zero-order chi connectivity index (χ0) is 15.3. The van der Waals surface area contributed by atoms with E-state index in [1.54, 1.807) is 12.1 Å². The van der Waals surface area contributed by atoms with Crippen molar-refractivity contribution in [3.8, 4) is 0 Å². The summed E-state index contributed by atoms with van der Waals surface area (Å²) in [6.07, 6.45) is 1.00. The highest BCUT2D eigenvalue weighted by Crippen LogP contribution is 2.17. The lowest BCUT2D eigenvalue weighted by atomic mass is 10.0. The Balaban J connectivity index is 2.68. The van der Waals surface area contributed by atoms with E-state index in [1.165, 1.54) is 0 Å². The lowest BCUT2D eigenvalue weighted by Gasteiger charge is -2.26. The van der Waals surface area contributed by atoms with Gasteiger partial charge >= 0.3 is 0 Å². The second kappa shape index (κ2) is 7.81. The van der Waals surface area contributed by atoms with Crippen LogP contribution < -0.4 is 5.32 Å². The molecule has 6 heteroatoms. The quantitative estimate of drug-likeness (QED) is 0.820. The first-order chi connectivity index (χ1) is 9.31. The zero-order valence-electron chi connectivity index (χ0n) is 12.3. The number of pyridine rings is 1. The molecular formula is C14H21Cl2N3O. The van der Waals surface area contributed by atoms with Crippen molar-refractivity contribution in [2.45, 2.75) is 26.3 Å². The average molecular weight is 318 g/mol. The Morgan fingerprint density at radius 2 is 2.00 bits per heavy atom. The molecule has 20 heavy (non-hydrogen) atoms. The molecule has 1 amide bonds. The van der Waals surface area contributed by atoms with Crippen molar-refractivity contribution in [1.82, 2.24) is 15.2 Å². The smallest absolute Gasteiger partial charge is 0.271 e. The topological polar surface area (TPSA) is 45.2 Å². The third kappa shape index (κ3) is 5.27. The number of nitrogens with one attached hydrogen (secondary N) is 1. The van der Waals surface area contributed by atoms with Crippen molar-refractivity contribution < 1.29 is 4.79 Å². The molecule has 1 rings (SSSR count). The maximum Gasteiger partial charge on any atom is 0.271 e. The van der Waals surface area contributed by atoms with Crippen molar-refractivity contribution in [2.24, 2.45) is 5.92 Å². The summed E-state index contributed by atoms with van der Waals surface area (Å²) in [5.41, 5.74) is 0.168. The van der Waals surface area contributed by atoms with E-state index < -0.39 is 0 Å². The minimum Gasteiger partial charge on any atom is -0.349 e. The molecule has 0 fully saturated rings. The van der Waals surface area contributed by atoms with Gasteiger partial charge in [0, 0.05) is 12.6 Å². The number of carbonyl (C=O) groups is 1. The van der Waals surface area contributed by atoms with Crippen LogP contribution in [-0.4, -0.2) is 42.5 Å². The van der Waals surface area contributed by atoms with Crippen LogP contribution in [0.5, 0.6) is 0 Å². The maximum atomic E-state index is 12.1. The molecule has 1 N–H and O–H groups in total. The number of aromatic nitrogens is 1. The number of hydrogen-bond acceptors (Lipinski definition) is 3. The van der Waals surface area contributed by atoms with Crippen LogP contribution in [0.15, 0.2) is 12.1 Å². The van der Waals surface area contributed by atoms with Crippen LogP contribution in [0.1, 0.15) is 30.8 Å². The molecule has 1 aromatic heterocycles. The van der Waals surface area contributed by atoms with Gasteiger partial charge in [0.05, 0.1) is 5.02 Å². The highest BCUT2D eigenvalue weighted by molar-refractivity contribution is 6.34. The largest absolute Gasteiger partial charge is 0.349 e. The summed E-state index contributed by atoms with van der Waals surface area (Å²) in [5, 5.41) is 3.43. The lowest BCUT2D eigenvalue weighted by molar-refractivity contribution is 0.0933. The number of rotatable bonds is 6. The molecule has 0 aromatic carbocycles. The van der Waals surface area contributed by atoms with Crippen molar-refractivity contribution in [3.05, 3.63) is 28.0 Å². The van der Waals surface area contributed by atoms with Gasteiger partial charge in [-0.25, -0.2) is 4.98 Å². The van der Waals surface area contributed by atoms with Gasteiger partial charge in [-0.05, 0) is 38.6 Å². The van der Waals surface area contributed by atoms with Gasteiger partial charge in [0.1, 0.15) is 10.8 Å². The number of likely N-dealkylation sites (N-methyl/N-ethyl adjacent to an activating group) is 1. The predicted octanol–water partition coefficient (Wildman–Crippen LogP) is 3.09. The standard InChI is InChI=1S/C14H21Cl2N3O/c1-9(2)7-10(19(3)4)8-17-14(20)13-11(15)5-6-12(16)18-13/h5-6,9-10H,7-8H2,1-4H3,(H,17,20). The van der Waals surface area contributed by atoms with Gasteiger partial charge in [-0.2, -0.15) is 0 Å². The molecule has 1 unspecified atom stereocenters.